The van der Waals surface area contributed by atoms with Gasteiger partial charge in [-0.25, -0.2) is 0 Å². The van der Waals surface area contributed by atoms with Gasteiger partial charge in [0, 0.05) is 0 Å². The first-order valence-corrected chi connectivity index (χ1v) is 5.17. The van der Waals surface area contributed by atoms with E-state index in [-0.39, 0.29) is 6.42 Å². The Balaban J connectivity index is 4.53. The van der Waals surface area contributed by atoms with Crippen LogP contribution < -0.4 is 5.32 Å². The third-order valence-corrected chi connectivity index (χ3v) is 3.05. The van der Waals surface area contributed by atoms with E-state index < -0.39 is 21.4 Å². The molecule has 0 bridgehead atoms. The van der Waals surface area contributed by atoms with Gasteiger partial charge in [0.15, 0.2) is 5.37 Å². The van der Waals surface area contributed by atoms with Gasteiger partial charge >= 0.3 is 0 Å². The lowest BCUT2D eigenvalue weighted by molar-refractivity contribution is -0.116. The lowest BCUT2D eigenvalue weighted by Gasteiger charge is -2.14. The highest BCUT2D eigenvalue weighted by Gasteiger charge is 2.24. The van der Waals surface area contributed by atoms with Gasteiger partial charge in [-0.15, -0.1) is 0 Å². The molecule has 0 rings (SSSR count). The van der Waals surface area contributed by atoms with Gasteiger partial charge < -0.3 is 5.32 Å². The lowest BCUT2D eigenvalue weighted by atomic mass is 10.4. The van der Waals surface area contributed by atoms with Crippen molar-refractivity contribution >= 4 is 16.0 Å². The molecule has 0 aliphatic heterocycles. The molecule has 0 fully saturated rings. The average Bonchev–Trinajstić information content (AvgIpc) is 2.13. The predicted octanol–water partition coefficient (Wildman–Crippen LogP) is 0.000900. The molecule has 0 spiro atoms. The third kappa shape index (κ3) is 3.56. The van der Waals surface area contributed by atoms with Crippen LogP contribution in [0.4, 0.5) is 0 Å². The summed E-state index contributed by atoms with van der Waals surface area (Å²) < 4.78 is 26.5. The minimum Gasteiger partial charge on any atom is -0.334 e. The SMILES string of the molecule is C=CC(=O)NC(CC)S(=O)(=O)OC. The van der Waals surface area contributed by atoms with Crippen molar-refractivity contribution in [1.29, 1.82) is 0 Å². The quantitative estimate of drug-likeness (QED) is 0.509. The molecule has 1 N–H and O–H groups in total. The highest BCUT2D eigenvalue weighted by molar-refractivity contribution is 7.87. The van der Waals surface area contributed by atoms with Crippen molar-refractivity contribution in [3.8, 4) is 0 Å². The molecular weight excluding hydrogens is 194 g/mol. The van der Waals surface area contributed by atoms with Crippen molar-refractivity contribution < 1.29 is 17.4 Å². The zero-order chi connectivity index (χ0) is 10.5. The average molecular weight is 207 g/mol. The Morgan fingerprint density at radius 1 is 1.69 bits per heavy atom. The van der Waals surface area contributed by atoms with Gasteiger partial charge in [0.2, 0.25) is 5.91 Å². The molecule has 1 unspecified atom stereocenters. The van der Waals surface area contributed by atoms with Crippen LogP contribution in [-0.4, -0.2) is 26.8 Å². The molecule has 0 aliphatic rings. The van der Waals surface area contributed by atoms with Crippen LogP contribution in [0.1, 0.15) is 13.3 Å². The molecule has 5 nitrogen and oxygen atoms in total. The molecule has 13 heavy (non-hydrogen) atoms. The number of hydrogen-bond donors (Lipinski definition) is 1. The minimum absolute atomic E-state index is 0.246. The Hall–Kier alpha value is -0.880. The van der Waals surface area contributed by atoms with Crippen molar-refractivity contribution in [3.63, 3.8) is 0 Å². The van der Waals surface area contributed by atoms with Gasteiger partial charge in [0.05, 0.1) is 7.11 Å². The van der Waals surface area contributed by atoms with E-state index >= 15 is 0 Å². The van der Waals surface area contributed by atoms with Crippen LogP contribution in [0.5, 0.6) is 0 Å². The van der Waals surface area contributed by atoms with Crippen LogP contribution in [0.3, 0.4) is 0 Å². The third-order valence-electron chi connectivity index (χ3n) is 1.44. The maximum atomic E-state index is 11.1. The lowest BCUT2D eigenvalue weighted by Crippen LogP contribution is -2.39. The molecule has 76 valence electrons. The number of carbonyl (C=O) groups is 1. The van der Waals surface area contributed by atoms with E-state index in [9.17, 15) is 13.2 Å². The number of carbonyl (C=O) groups excluding carboxylic acids is 1. The predicted molar refractivity (Wildman–Crippen MR) is 48.3 cm³/mol. The standard InChI is InChI=1S/C7H13NO4S/c1-4-6(9)8-7(5-2)13(10,11)12-3/h4,7H,1,5H2,2-3H3,(H,8,9). The Labute approximate surface area is 77.9 Å². The van der Waals surface area contributed by atoms with Crippen LogP contribution in [-0.2, 0) is 19.1 Å². The highest BCUT2D eigenvalue weighted by atomic mass is 32.2. The summed E-state index contributed by atoms with van der Waals surface area (Å²) >= 11 is 0. The Kier molecular flexibility index (Phi) is 4.64. The number of hydrogen-bond acceptors (Lipinski definition) is 4. The topological polar surface area (TPSA) is 72.5 Å². The summed E-state index contributed by atoms with van der Waals surface area (Å²) in [6, 6.07) is 0. The monoisotopic (exact) mass is 207 g/mol. The van der Waals surface area contributed by atoms with Crippen LogP contribution in [0.15, 0.2) is 12.7 Å². The van der Waals surface area contributed by atoms with Gasteiger partial charge in [-0.3, -0.25) is 8.98 Å². The van der Waals surface area contributed by atoms with Gasteiger partial charge in [-0.1, -0.05) is 13.5 Å². The molecule has 0 radical (unpaired) electrons. The normalized spacial score (nSPS) is 13.4. The fraction of sp³-hybridized carbons (Fsp3) is 0.571. The van der Waals surface area contributed by atoms with Crippen molar-refractivity contribution in [2.45, 2.75) is 18.7 Å². The molecular formula is C7H13NO4S. The Morgan fingerprint density at radius 3 is 2.54 bits per heavy atom. The molecule has 1 atom stereocenters. The zero-order valence-electron chi connectivity index (χ0n) is 7.61. The molecule has 0 saturated heterocycles. The molecule has 0 aromatic carbocycles. The van der Waals surface area contributed by atoms with Crippen molar-refractivity contribution in [1.82, 2.24) is 5.32 Å². The second-order valence-corrected chi connectivity index (χ2v) is 4.16. The molecule has 0 heterocycles. The van der Waals surface area contributed by atoms with E-state index in [1.54, 1.807) is 6.92 Å². The summed E-state index contributed by atoms with van der Waals surface area (Å²) in [6.07, 6.45) is 1.25. The smallest absolute Gasteiger partial charge is 0.288 e. The van der Waals surface area contributed by atoms with E-state index in [2.05, 4.69) is 16.1 Å². The zero-order valence-corrected chi connectivity index (χ0v) is 8.43. The van der Waals surface area contributed by atoms with Gasteiger partial charge in [0.25, 0.3) is 10.1 Å². The van der Waals surface area contributed by atoms with E-state index in [4.69, 9.17) is 0 Å². The summed E-state index contributed by atoms with van der Waals surface area (Å²) in [7, 11) is -2.64. The molecule has 0 aromatic rings. The van der Waals surface area contributed by atoms with Gasteiger partial charge in [0.1, 0.15) is 0 Å². The van der Waals surface area contributed by atoms with Crippen molar-refractivity contribution in [2.75, 3.05) is 7.11 Å². The first-order chi connectivity index (χ1) is 5.97. The fourth-order valence-electron chi connectivity index (χ4n) is 0.712. The summed E-state index contributed by atoms with van der Waals surface area (Å²) in [4.78, 5) is 10.8. The molecule has 0 saturated carbocycles. The summed E-state index contributed by atoms with van der Waals surface area (Å²) in [5.41, 5.74) is 0. The van der Waals surface area contributed by atoms with Crippen molar-refractivity contribution in [2.24, 2.45) is 0 Å². The largest absolute Gasteiger partial charge is 0.334 e. The van der Waals surface area contributed by atoms with Crippen LogP contribution in [0, 0.1) is 0 Å². The number of amides is 1. The van der Waals surface area contributed by atoms with Crippen LogP contribution >= 0.6 is 0 Å². The Morgan fingerprint density at radius 2 is 2.23 bits per heavy atom. The molecule has 6 heteroatoms. The highest BCUT2D eigenvalue weighted by Crippen LogP contribution is 2.03. The number of nitrogens with one attached hydrogen (secondary N) is 1. The summed E-state index contributed by atoms with van der Waals surface area (Å²) in [6.45, 7) is 4.84. The molecule has 1 amide bonds. The van der Waals surface area contributed by atoms with Crippen LogP contribution in [0.2, 0.25) is 0 Å². The summed E-state index contributed by atoms with van der Waals surface area (Å²) in [5.74, 6) is -0.535. The van der Waals surface area contributed by atoms with E-state index in [1.165, 1.54) is 0 Å². The van der Waals surface area contributed by atoms with Crippen LogP contribution in [0.25, 0.3) is 0 Å². The van der Waals surface area contributed by atoms with Gasteiger partial charge in [-0.2, -0.15) is 8.42 Å². The minimum atomic E-state index is -3.70. The van der Waals surface area contributed by atoms with Gasteiger partial charge in [-0.05, 0) is 12.5 Å². The molecule has 0 aliphatic carbocycles. The number of rotatable bonds is 5. The second-order valence-electron chi connectivity index (χ2n) is 2.27. The maximum absolute atomic E-state index is 11.1. The summed E-state index contributed by atoms with van der Waals surface area (Å²) in [5, 5.41) is 1.23. The van der Waals surface area contributed by atoms with E-state index in [0.717, 1.165) is 13.2 Å². The second kappa shape index (κ2) is 4.98. The first-order valence-electron chi connectivity index (χ1n) is 3.70. The maximum Gasteiger partial charge on any atom is 0.288 e. The van der Waals surface area contributed by atoms with E-state index in [1.807, 2.05) is 0 Å². The van der Waals surface area contributed by atoms with Crippen molar-refractivity contribution in [3.05, 3.63) is 12.7 Å². The fourth-order valence-corrected chi connectivity index (χ4v) is 1.61. The molecule has 0 aromatic heterocycles. The first kappa shape index (κ1) is 12.1. The van der Waals surface area contributed by atoms with E-state index in [0.29, 0.717) is 0 Å². The Bertz CT molecular complexity index is 283.